The summed E-state index contributed by atoms with van der Waals surface area (Å²) in [6, 6.07) is 12.6. The molecule has 0 radical (unpaired) electrons. The van der Waals surface area contributed by atoms with Crippen molar-refractivity contribution >= 4 is 27.5 Å². The van der Waals surface area contributed by atoms with Gasteiger partial charge in [-0.05, 0) is 47.9 Å². The molecule has 0 unspecified atom stereocenters. The zero-order chi connectivity index (χ0) is 21.4. The minimum Gasteiger partial charge on any atom is -0.484 e. The van der Waals surface area contributed by atoms with Crippen LogP contribution in [0.25, 0.3) is 0 Å². The molecule has 0 saturated carbocycles. The Morgan fingerprint density at radius 1 is 1.03 bits per heavy atom. The first kappa shape index (κ1) is 22.4. The molecule has 0 fully saturated rings. The fraction of sp³-hybridized carbons (Fsp3) is 0.300. The predicted molar refractivity (Wildman–Crippen MR) is 110 cm³/mol. The third-order valence-corrected chi connectivity index (χ3v) is 5.24. The van der Waals surface area contributed by atoms with Crippen LogP contribution in [0.4, 0.5) is 5.69 Å². The fourth-order valence-corrected chi connectivity index (χ4v) is 3.54. The summed E-state index contributed by atoms with van der Waals surface area (Å²) >= 11 is 0. The lowest BCUT2D eigenvalue weighted by Gasteiger charge is -2.10. The smallest absolute Gasteiger partial charge is 0.262 e. The van der Waals surface area contributed by atoms with E-state index < -0.39 is 15.9 Å². The molecule has 8 nitrogen and oxygen atoms in total. The molecule has 0 heterocycles. The van der Waals surface area contributed by atoms with E-state index in [1.54, 1.807) is 24.3 Å². The van der Waals surface area contributed by atoms with Crippen LogP contribution in [-0.4, -0.2) is 33.4 Å². The quantitative estimate of drug-likeness (QED) is 0.540. The Kier molecular flexibility index (Phi) is 7.74. The van der Waals surface area contributed by atoms with Crippen LogP contribution in [0.1, 0.15) is 19.4 Å². The first-order valence-corrected chi connectivity index (χ1v) is 10.5. The van der Waals surface area contributed by atoms with Crippen LogP contribution in [0.3, 0.4) is 0 Å². The van der Waals surface area contributed by atoms with Crippen molar-refractivity contribution in [3.63, 3.8) is 0 Å². The average molecular weight is 420 g/mol. The van der Waals surface area contributed by atoms with Crippen molar-refractivity contribution in [3.8, 4) is 5.75 Å². The van der Waals surface area contributed by atoms with Gasteiger partial charge in [0.25, 0.3) is 5.91 Å². The highest BCUT2D eigenvalue weighted by Gasteiger charge is 2.14. The van der Waals surface area contributed by atoms with Gasteiger partial charge in [0.1, 0.15) is 5.75 Å². The summed E-state index contributed by atoms with van der Waals surface area (Å²) in [4.78, 5) is 23.0. The highest BCUT2D eigenvalue weighted by molar-refractivity contribution is 7.89. The van der Waals surface area contributed by atoms with E-state index in [4.69, 9.17) is 10.5 Å². The molecule has 2 amide bonds. The Labute approximate surface area is 170 Å². The topological polar surface area (TPSA) is 128 Å². The zero-order valence-corrected chi connectivity index (χ0v) is 17.2. The molecule has 0 spiro atoms. The van der Waals surface area contributed by atoms with E-state index in [2.05, 4.69) is 10.0 Å². The van der Waals surface area contributed by atoms with E-state index in [9.17, 15) is 18.0 Å². The van der Waals surface area contributed by atoms with Gasteiger partial charge < -0.3 is 15.8 Å². The van der Waals surface area contributed by atoms with Crippen molar-refractivity contribution in [2.75, 3.05) is 18.5 Å². The van der Waals surface area contributed by atoms with Gasteiger partial charge in [-0.3, -0.25) is 9.59 Å². The molecule has 0 aliphatic carbocycles. The van der Waals surface area contributed by atoms with Crippen molar-refractivity contribution < 1.29 is 22.7 Å². The molecule has 29 heavy (non-hydrogen) atoms. The van der Waals surface area contributed by atoms with Crippen molar-refractivity contribution in [1.29, 1.82) is 0 Å². The molecule has 0 bridgehead atoms. The summed E-state index contributed by atoms with van der Waals surface area (Å²) in [5.41, 5.74) is 6.45. The van der Waals surface area contributed by atoms with Gasteiger partial charge in [-0.25, -0.2) is 13.1 Å². The van der Waals surface area contributed by atoms with Crippen LogP contribution in [0.2, 0.25) is 0 Å². The van der Waals surface area contributed by atoms with E-state index in [1.807, 2.05) is 13.8 Å². The number of carbonyl (C=O) groups excluding carboxylic acids is 2. The highest BCUT2D eigenvalue weighted by atomic mass is 32.2. The fourth-order valence-electron chi connectivity index (χ4n) is 2.33. The molecule has 0 aliphatic rings. The van der Waals surface area contributed by atoms with Crippen molar-refractivity contribution in [3.05, 3.63) is 54.1 Å². The van der Waals surface area contributed by atoms with Crippen molar-refractivity contribution in [2.24, 2.45) is 11.7 Å². The monoisotopic (exact) mass is 419 g/mol. The van der Waals surface area contributed by atoms with Crippen LogP contribution in [0.5, 0.6) is 5.75 Å². The molecule has 0 atom stereocenters. The van der Waals surface area contributed by atoms with Gasteiger partial charge in [-0.15, -0.1) is 0 Å². The minimum atomic E-state index is -3.57. The van der Waals surface area contributed by atoms with Gasteiger partial charge >= 0.3 is 0 Å². The molecule has 4 N–H and O–H groups in total. The van der Waals surface area contributed by atoms with Crippen LogP contribution in [0.15, 0.2) is 53.4 Å². The van der Waals surface area contributed by atoms with Crippen LogP contribution in [-0.2, 0) is 26.0 Å². The molecule has 2 rings (SSSR count). The lowest BCUT2D eigenvalue weighted by Crippen LogP contribution is -2.27. The number of primary amides is 1. The first-order valence-electron chi connectivity index (χ1n) is 9.05. The third kappa shape index (κ3) is 7.55. The normalized spacial score (nSPS) is 11.3. The highest BCUT2D eigenvalue weighted by Crippen LogP contribution is 2.16. The van der Waals surface area contributed by atoms with Crippen LogP contribution < -0.4 is 20.5 Å². The van der Waals surface area contributed by atoms with E-state index >= 15 is 0 Å². The molecule has 2 aromatic rings. The number of nitrogens with one attached hydrogen (secondary N) is 2. The number of hydrogen-bond donors (Lipinski definition) is 3. The number of sulfonamides is 1. The molecule has 0 saturated heterocycles. The second-order valence-electron chi connectivity index (χ2n) is 6.89. The Balaban J connectivity index is 1.86. The summed E-state index contributed by atoms with van der Waals surface area (Å²) < 4.78 is 32.2. The lowest BCUT2D eigenvalue weighted by molar-refractivity contribution is -0.118. The Hall–Kier alpha value is -2.91. The SMILES string of the molecule is CC(C)CNS(=O)(=O)c1ccc(OCC(=O)Nc2ccc(CC(N)=O)cc2)cc1. The maximum atomic E-state index is 12.2. The minimum absolute atomic E-state index is 0.131. The molecule has 0 aromatic heterocycles. The Morgan fingerprint density at radius 3 is 2.21 bits per heavy atom. The maximum Gasteiger partial charge on any atom is 0.262 e. The number of anilines is 1. The maximum absolute atomic E-state index is 12.2. The summed E-state index contributed by atoms with van der Waals surface area (Å²) in [6.45, 7) is 3.95. The second kappa shape index (κ2) is 10.0. The first-order chi connectivity index (χ1) is 13.7. The van der Waals surface area contributed by atoms with Crippen LogP contribution >= 0.6 is 0 Å². The molecule has 2 aromatic carbocycles. The molecular weight excluding hydrogens is 394 g/mol. The predicted octanol–water partition coefficient (Wildman–Crippen LogP) is 1.67. The molecule has 0 aliphatic heterocycles. The van der Waals surface area contributed by atoms with Crippen molar-refractivity contribution in [1.82, 2.24) is 4.72 Å². The number of amides is 2. The van der Waals surface area contributed by atoms with Gasteiger partial charge in [-0.1, -0.05) is 26.0 Å². The Bertz CT molecular complexity index is 939. The molecular formula is C20H25N3O5S. The number of ether oxygens (including phenoxy) is 1. The van der Waals surface area contributed by atoms with Gasteiger partial charge in [0, 0.05) is 12.2 Å². The molecule has 9 heteroatoms. The number of hydrogen-bond acceptors (Lipinski definition) is 5. The van der Waals surface area contributed by atoms with E-state index in [1.165, 1.54) is 24.3 Å². The van der Waals surface area contributed by atoms with E-state index in [0.717, 1.165) is 5.56 Å². The summed E-state index contributed by atoms with van der Waals surface area (Å²) in [6.07, 6.45) is 0.135. The largest absolute Gasteiger partial charge is 0.484 e. The Morgan fingerprint density at radius 2 is 1.66 bits per heavy atom. The third-order valence-electron chi connectivity index (χ3n) is 3.80. The standard InChI is InChI=1S/C20H25N3O5S/c1-14(2)12-22-29(26,27)18-9-7-17(8-10-18)28-13-20(25)23-16-5-3-15(4-6-16)11-19(21)24/h3-10,14,22H,11-13H2,1-2H3,(H2,21,24)(H,23,25). The number of nitrogens with two attached hydrogens (primary N) is 1. The van der Waals surface area contributed by atoms with Gasteiger partial charge in [0.2, 0.25) is 15.9 Å². The summed E-state index contributed by atoms with van der Waals surface area (Å²) in [5.74, 6) is -0.224. The van der Waals surface area contributed by atoms with E-state index in [0.29, 0.717) is 18.0 Å². The van der Waals surface area contributed by atoms with Gasteiger partial charge in [0.15, 0.2) is 6.61 Å². The van der Waals surface area contributed by atoms with Crippen LogP contribution in [0, 0.1) is 5.92 Å². The molecule has 156 valence electrons. The number of rotatable bonds is 10. The zero-order valence-electron chi connectivity index (χ0n) is 16.3. The summed E-state index contributed by atoms with van der Waals surface area (Å²) in [5, 5.41) is 2.67. The number of benzene rings is 2. The summed E-state index contributed by atoms with van der Waals surface area (Å²) in [7, 11) is -3.57. The van der Waals surface area contributed by atoms with E-state index in [-0.39, 0.29) is 29.7 Å². The number of carbonyl (C=O) groups is 2. The lowest BCUT2D eigenvalue weighted by atomic mass is 10.1. The van der Waals surface area contributed by atoms with Crippen molar-refractivity contribution in [2.45, 2.75) is 25.2 Å². The second-order valence-corrected chi connectivity index (χ2v) is 8.66. The average Bonchev–Trinajstić information content (AvgIpc) is 2.66. The van der Waals surface area contributed by atoms with Gasteiger partial charge in [0.05, 0.1) is 11.3 Å². The van der Waals surface area contributed by atoms with Gasteiger partial charge in [-0.2, -0.15) is 0 Å².